The van der Waals surface area contributed by atoms with Gasteiger partial charge in [0.25, 0.3) is 5.91 Å². The van der Waals surface area contributed by atoms with Crippen LogP contribution in [0.2, 0.25) is 0 Å². The van der Waals surface area contributed by atoms with Crippen molar-refractivity contribution >= 4 is 17.8 Å². The molecule has 0 aliphatic carbocycles. The number of ketones is 1. The van der Waals surface area contributed by atoms with Crippen molar-refractivity contribution < 1.29 is 9.59 Å². The SMILES string of the molecule is CCN(CC)CCNC(=O)C(=O)/C=C/c1ccccc1. The van der Waals surface area contributed by atoms with Crippen LogP contribution in [0, 0.1) is 0 Å². The van der Waals surface area contributed by atoms with Crippen molar-refractivity contribution in [2.75, 3.05) is 26.2 Å². The van der Waals surface area contributed by atoms with E-state index in [-0.39, 0.29) is 0 Å². The van der Waals surface area contributed by atoms with E-state index < -0.39 is 11.7 Å². The number of rotatable bonds is 8. The number of likely N-dealkylation sites (N-methyl/N-ethyl adjacent to an activating group) is 1. The van der Waals surface area contributed by atoms with Gasteiger partial charge in [-0.25, -0.2) is 0 Å². The molecule has 0 bridgehead atoms. The molecule has 0 radical (unpaired) electrons. The average molecular weight is 274 g/mol. The van der Waals surface area contributed by atoms with Crippen molar-refractivity contribution in [3.8, 4) is 0 Å². The Labute approximate surface area is 120 Å². The molecule has 1 rings (SSSR count). The van der Waals surface area contributed by atoms with Crippen LogP contribution in [0.3, 0.4) is 0 Å². The summed E-state index contributed by atoms with van der Waals surface area (Å²) in [7, 11) is 0. The first-order valence-corrected chi connectivity index (χ1v) is 6.95. The number of hydrogen-bond donors (Lipinski definition) is 1. The molecular weight excluding hydrogens is 252 g/mol. The minimum atomic E-state index is -0.552. The molecule has 4 heteroatoms. The summed E-state index contributed by atoms with van der Waals surface area (Å²) in [5.74, 6) is -1.07. The maximum absolute atomic E-state index is 11.6. The van der Waals surface area contributed by atoms with Gasteiger partial charge in [-0.05, 0) is 24.7 Å². The Balaban J connectivity index is 2.36. The molecule has 0 saturated heterocycles. The highest BCUT2D eigenvalue weighted by Gasteiger charge is 2.09. The van der Waals surface area contributed by atoms with Gasteiger partial charge in [-0.15, -0.1) is 0 Å². The van der Waals surface area contributed by atoms with Crippen molar-refractivity contribution in [2.24, 2.45) is 0 Å². The Bertz CT molecular complexity index is 451. The molecule has 0 heterocycles. The van der Waals surface area contributed by atoms with Gasteiger partial charge >= 0.3 is 0 Å². The van der Waals surface area contributed by atoms with Crippen LogP contribution in [0.5, 0.6) is 0 Å². The van der Waals surface area contributed by atoms with Crippen LogP contribution in [0.1, 0.15) is 19.4 Å². The monoisotopic (exact) mass is 274 g/mol. The quantitative estimate of drug-likeness (QED) is 0.580. The Hall–Kier alpha value is -1.94. The maximum atomic E-state index is 11.6. The van der Waals surface area contributed by atoms with E-state index in [1.807, 2.05) is 30.3 Å². The molecule has 0 spiro atoms. The van der Waals surface area contributed by atoms with Gasteiger partial charge in [0, 0.05) is 13.1 Å². The van der Waals surface area contributed by atoms with Crippen LogP contribution in [-0.2, 0) is 9.59 Å². The normalized spacial score (nSPS) is 10.9. The molecule has 4 nitrogen and oxygen atoms in total. The molecule has 0 atom stereocenters. The fraction of sp³-hybridized carbons (Fsp3) is 0.375. The smallest absolute Gasteiger partial charge is 0.291 e. The van der Waals surface area contributed by atoms with Crippen LogP contribution in [0.4, 0.5) is 0 Å². The van der Waals surface area contributed by atoms with Gasteiger partial charge in [-0.1, -0.05) is 50.3 Å². The third kappa shape index (κ3) is 5.80. The van der Waals surface area contributed by atoms with Crippen LogP contribution in [0.25, 0.3) is 6.08 Å². The number of nitrogens with zero attached hydrogens (tertiary/aromatic N) is 1. The molecule has 1 aromatic carbocycles. The number of amides is 1. The fourth-order valence-corrected chi connectivity index (χ4v) is 1.77. The van der Waals surface area contributed by atoms with Crippen molar-refractivity contribution in [2.45, 2.75) is 13.8 Å². The maximum Gasteiger partial charge on any atom is 0.291 e. The molecule has 0 aliphatic rings. The van der Waals surface area contributed by atoms with Crippen LogP contribution in [0.15, 0.2) is 36.4 Å². The second-order valence-corrected chi connectivity index (χ2v) is 4.39. The van der Waals surface area contributed by atoms with Crippen molar-refractivity contribution in [1.29, 1.82) is 0 Å². The standard InChI is InChI=1S/C16H22N2O2/c1-3-18(4-2)13-12-17-16(20)15(19)11-10-14-8-6-5-7-9-14/h5-11H,3-4,12-13H2,1-2H3,(H,17,20)/b11-10+. The van der Waals surface area contributed by atoms with E-state index in [1.54, 1.807) is 6.08 Å². The second-order valence-electron chi connectivity index (χ2n) is 4.39. The van der Waals surface area contributed by atoms with E-state index in [9.17, 15) is 9.59 Å². The molecule has 0 saturated carbocycles. The van der Waals surface area contributed by atoms with E-state index in [4.69, 9.17) is 0 Å². The molecule has 1 aromatic rings. The van der Waals surface area contributed by atoms with Gasteiger partial charge < -0.3 is 10.2 Å². The van der Waals surface area contributed by atoms with Gasteiger partial charge in [-0.2, -0.15) is 0 Å². The van der Waals surface area contributed by atoms with Gasteiger partial charge in [0.15, 0.2) is 0 Å². The van der Waals surface area contributed by atoms with Gasteiger partial charge in [0.05, 0.1) is 0 Å². The number of hydrogen-bond acceptors (Lipinski definition) is 3. The summed E-state index contributed by atoms with van der Waals surface area (Å²) >= 11 is 0. The lowest BCUT2D eigenvalue weighted by atomic mass is 10.2. The molecule has 0 fully saturated rings. The first-order chi connectivity index (χ1) is 9.67. The van der Waals surface area contributed by atoms with Crippen molar-refractivity contribution in [1.82, 2.24) is 10.2 Å². The molecule has 108 valence electrons. The van der Waals surface area contributed by atoms with E-state index >= 15 is 0 Å². The topological polar surface area (TPSA) is 49.4 Å². The summed E-state index contributed by atoms with van der Waals surface area (Å²) in [6.45, 7) is 7.26. The zero-order valence-electron chi connectivity index (χ0n) is 12.1. The Kier molecular flexibility index (Phi) is 7.29. The van der Waals surface area contributed by atoms with E-state index in [0.29, 0.717) is 6.54 Å². The van der Waals surface area contributed by atoms with Gasteiger partial charge in [0.1, 0.15) is 0 Å². The van der Waals surface area contributed by atoms with Crippen molar-refractivity contribution in [3.05, 3.63) is 42.0 Å². The lowest BCUT2D eigenvalue weighted by Gasteiger charge is -2.17. The molecule has 0 aliphatic heterocycles. The molecule has 0 unspecified atom stereocenters. The van der Waals surface area contributed by atoms with Gasteiger partial charge in [-0.3, -0.25) is 9.59 Å². The fourth-order valence-electron chi connectivity index (χ4n) is 1.77. The number of carbonyl (C=O) groups is 2. The van der Waals surface area contributed by atoms with E-state index in [1.165, 1.54) is 6.08 Å². The molecule has 0 aromatic heterocycles. The van der Waals surface area contributed by atoms with Gasteiger partial charge in [0.2, 0.25) is 5.78 Å². The highest BCUT2D eigenvalue weighted by Crippen LogP contribution is 2.00. The summed E-state index contributed by atoms with van der Waals surface area (Å²) in [4.78, 5) is 25.4. The summed E-state index contributed by atoms with van der Waals surface area (Å²) in [6.07, 6.45) is 2.95. The number of nitrogens with one attached hydrogen (secondary N) is 1. The van der Waals surface area contributed by atoms with E-state index in [0.717, 1.165) is 25.2 Å². The molecule has 1 amide bonds. The predicted molar refractivity (Wildman–Crippen MR) is 81.3 cm³/mol. The highest BCUT2D eigenvalue weighted by atomic mass is 16.2. The summed E-state index contributed by atoms with van der Waals surface area (Å²) in [5, 5.41) is 2.64. The lowest BCUT2D eigenvalue weighted by Crippen LogP contribution is -2.37. The average Bonchev–Trinajstić information content (AvgIpc) is 2.50. The summed E-state index contributed by atoms with van der Waals surface area (Å²) in [6, 6.07) is 9.42. The first-order valence-electron chi connectivity index (χ1n) is 6.95. The third-order valence-electron chi connectivity index (χ3n) is 3.06. The summed E-state index contributed by atoms with van der Waals surface area (Å²) < 4.78 is 0. The zero-order chi connectivity index (χ0) is 14.8. The largest absolute Gasteiger partial charge is 0.348 e. The minimum absolute atomic E-state index is 0.491. The Morgan fingerprint density at radius 3 is 2.40 bits per heavy atom. The zero-order valence-corrected chi connectivity index (χ0v) is 12.1. The van der Waals surface area contributed by atoms with Crippen LogP contribution < -0.4 is 5.32 Å². The summed E-state index contributed by atoms with van der Waals surface area (Å²) in [5.41, 5.74) is 0.900. The highest BCUT2D eigenvalue weighted by molar-refractivity contribution is 6.41. The molecule has 20 heavy (non-hydrogen) atoms. The first kappa shape index (κ1) is 16.1. The third-order valence-corrected chi connectivity index (χ3v) is 3.06. The number of benzene rings is 1. The molecule has 1 N–H and O–H groups in total. The Morgan fingerprint density at radius 2 is 1.80 bits per heavy atom. The van der Waals surface area contributed by atoms with Crippen LogP contribution >= 0.6 is 0 Å². The van der Waals surface area contributed by atoms with Crippen LogP contribution in [-0.4, -0.2) is 42.8 Å². The lowest BCUT2D eigenvalue weighted by molar-refractivity contribution is -0.135. The van der Waals surface area contributed by atoms with E-state index in [2.05, 4.69) is 24.1 Å². The predicted octanol–water partition coefficient (Wildman–Crippen LogP) is 1.73. The Morgan fingerprint density at radius 1 is 1.15 bits per heavy atom. The minimum Gasteiger partial charge on any atom is -0.348 e. The van der Waals surface area contributed by atoms with Crippen molar-refractivity contribution in [3.63, 3.8) is 0 Å². The molecular formula is C16H22N2O2. The second kappa shape index (κ2) is 9.04. The number of carbonyl (C=O) groups excluding carboxylic acids is 2.